The molecule has 0 fully saturated rings. The van der Waals surface area contributed by atoms with E-state index in [-0.39, 0.29) is 29.1 Å². The van der Waals surface area contributed by atoms with Gasteiger partial charge in [-0.1, -0.05) is 48.0 Å². The maximum Gasteiger partial charge on any atom is 0.264 e. The number of hydrogen-bond acceptors (Lipinski definition) is 6. The smallest absolute Gasteiger partial charge is 0.264 e. The molecular formula is C35H39N3O6S. The highest BCUT2D eigenvalue weighted by molar-refractivity contribution is 7.92. The highest BCUT2D eigenvalue weighted by Gasteiger charge is 2.32. The molecule has 0 heterocycles. The van der Waals surface area contributed by atoms with Gasteiger partial charge in [-0.3, -0.25) is 13.9 Å². The highest BCUT2D eigenvalue weighted by atomic mass is 32.2. The van der Waals surface area contributed by atoms with Crippen molar-refractivity contribution in [2.45, 2.75) is 51.2 Å². The van der Waals surface area contributed by atoms with Crippen LogP contribution in [0.5, 0.6) is 17.2 Å². The second-order valence-electron chi connectivity index (χ2n) is 10.9. The molecular weight excluding hydrogens is 590 g/mol. The van der Waals surface area contributed by atoms with Crippen LogP contribution < -0.4 is 19.1 Å². The number of ether oxygens (including phenoxy) is 2. The van der Waals surface area contributed by atoms with Gasteiger partial charge in [0, 0.05) is 12.6 Å². The first-order valence-corrected chi connectivity index (χ1v) is 16.1. The topological polar surface area (TPSA) is 105 Å². The molecule has 0 radical (unpaired) electrons. The Bertz CT molecular complexity index is 1670. The molecule has 1 N–H and O–H groups in total. The van der Waals surface area contributed by atoms with Gasteiger partial charge in [-0.2, -0.15) is 0 Å². The monoisotopic (exact) mass is 629 g/mol. The van der Waals surface area contributed by atoms with Gasteiger partial charge < -0.3 is 19.7 Å². The van der Waals surface area contributed by atoms with Crippen molar-refractivity contribution in [1.29, 1.82) is 0 Å². The average Bonchev–Trinajstić information content (AvgIpc) is 3.03. The van der Waals surface area contributed by atoms with Crippen LogP contribution in [0.15, 0.2) is 108 Å². The fraction of sp³-hybridized carbons (Fsp3) is 0.257. The first-order valence-electron chi connectivity index (χ1n) is 14.6. The molecule has 1 atom stereocenters. The Morgan fingerprint density at radius 2 is 1.36 bits per heavy atom. The third kappa shape index (κ3) is 8.63. The third-order valence-electron chi connectivity index (χ3n) is 7.10. The first-order chi connectivity index (χ1) is 21.5. The van der Waals surface area contributed by atoms with Crippen LogP contribution in [-0.4, -0.2) is 50.9 Å². The predicted molar refractivity (Wildman–Crippen MR) is 175 cm³/mol. The SMILES string of the molecule is COc1ccc(CN(C(=O)CN(c2ccc(Oc3ccccc3)cc2)S(=O)(=O)c2ccc(C)cc2)[C@H](C)C(=O)NC(C)C)cc1. The molecule has 45 heavy (non-hydrogen) atoms. The molecule has 0 saturated heterocycles. The number of aryl methyl sites for hydroxylation is 1. The number of nitrogens with one attached hydrogen (secondary N) is 1. The summed E-state index contributed by atoms with van der Waals surface area (Å²) < 4.78 is 40.4. The van der Waals surface area contributed by atoms with E-state index in [9.17, 15) is 18.0 Å². The minimum Gasteiger partial charge on any atom is -0.497 e. The van der Waals surface area contributed by atoms with Crippen LogP contribution in [0.1, 0.15) is 31.9 Å². The highest BCUT2D eigenvalue weighted by Crippen LogP contribution is 2.29. The number of carbonyl (C=O) groups excluding carboxylic acids is 2. The summed E-state index contributed by atoms with van der Waals surface area (Å²) in [6.45, 7) is 6.71. The van der Waals surface area contributed by atoms with Crippen LogP contribution in [0.2, 0.25) is 0 Å². The number of amides is 2. The number of sulfonamides is 1. The molecule has 0 aliphatic heterocycles. The van der Waals surface area contributed by atoms with Gasteiger partial charge in [-0.15, -0.1) is 0 Å². The van der Waals surface area contributed by atoms with Crippen LogP contribution in [-0.2, 0) is 26.2 Å². The lowest BCUT2D eigenvalue weighted by Crippen LogP contribution is -2.52. The quantitative estimate of drug-likeness (QED) is 0.197. The summed E-state index contributed by atoms with van der Waals surface area (Å²) in [5, 5.41) is 2.86. The van der Waals surface area contributed by atoms with E-state index in [1.165, 1.54) is 17.0 Å². The fourth-order valence-electron chi connectivity index (χ4n) is 4.59. The molecule has 0 bridgehead atoms. The largest absolute Gasteiger partial charge is 0.497 e. The summed E-state index contributed by atoms with van der Waals surface area (Å²) in [6.07, 6.45) is 0. The Balaban J connectivity index is 1.70. The standard InChI is InChI=1S/C35H39N3O6S/c1-25(2)36-35(40)27(4)37(23-28-13-17-30(43-5)18-14-28)34(39)24-38(45(41,42)33-21-11-26(3)12-22-33)29-15-19-32(20-16-29)44-31-9-7-6-8-10-31/h6-22,25,27H,23-24H2,1-5H3,(H,36,40)/t27-/m1/s1. The normalized spacial score (nSPS) is 11.9. The lowest BCUT2D eigenvalue weighted by molar-refractivity contribution is -0.139. The molecule has 9 nitrogen and oxygen atoms in total. The molecule has 0 aliphatic rings. The molecule has 4 aromatic rings. The Kier molecular flexibility index (Phi) is 10.9. The Labute approximate surface area is 265 Å². The van der Waals surface area contributed by atoms with Crippen molar-refractivity contribution in [2.24, 2.45) is 0 Å². The van der Waals surface area contributed by atoms with Crippen molar-refractivity contribution in [2.75, 3.05) is 18.0 Å². The summed E-state index contributed by atoms with van der Waals surface area (Å²) in [5.74, 6) is 0.897. The molecule has 0 aromatic heterocycles. The van der Waals surface area contributed by atoms with Crippen molar-refractivity contribution < 1.29 is 27.5 Å². The van der Waals surface area contributed by atoms with Gasteiger partial charge in [0.05, 0.1) is 17.7 Å². The van der Waals surface area contributed by atoms with E-state index >= 15 is 0 Å². The zero-order chi connectivity index (χ0) is 32.6. The summed E-state index contributed by atoms with van der Waals surface area (Å²) in [5.41, 5.74) is 1.92. The molecule has 0 aliphatic carbocycles. The van der Waals surface area contributed by atoms with Gasteiger partial charge in [-0.25, -0.2) is 8.42 Å². The Hall–Kier alpha value is -4.83. The number of anilines is 1. The van der Waals surface area contributed by atoms with Crippen LogP contribution in [0.25, 0.3) is 0 Å². The van der Waals surface area contributed by atoms with E-state index in [2.05, 4.69) is 5.32 Å². The maximum absolute atomic E-state index is 14.1. The van der Waals surface area contributed by atoms with Gasteiger partial charge in [-0.05, 0) is 93.9 Å². The lowest BCUT2D eigenvalue weighted by Gasteiger charge is -2.32. The number of hydrogen-bond donors (Lipinski definition) is 1. The van der Waals surface area contributed by atoms with Crippen LogP contribution in [0.3, 0.4) is 0 Å². The van der Waals surface area contributed by atoms with E-state index in [1.54, 1.807) is 74.7 Å². The van der Waals surface area contributed by atoms with E-state index in [4.69, 9.17) is 9.47 Å². The van der Waals surface area contributed by atoms with Crippen molar-refractivity contribution in [3.8, 4) is 17.2 Å². The van der Waals surface area contributed by atoms with Gasteiger partial charge in [0.25, 0.3) is 10.0 Å². The second-order valence-corrected chi connectivity index (χ2v) is 12.8. The second kappa shape index (κ2) is 14.8. The van der Waals surface area contributed by atoms with Gasteiger partial charge >= 0.3 is 0 Å². The number of methoxy groups -OCH3 is 1. The molecule has 10 heteroatoms. The number of carbonyl (C=O) groups is 2. The van der Waals surface area contributed by atoms with Crippen molar-refractivity contribution in [3.05, 3.63) is 114 Å². The summed E-state index contributed by atoms with van der Waals surface area (Å²) in [4.78, 5) is 28.7. The van der Waals surface area contributed by atoms with E-state index < -0.39 is 28.5 Å². The zero-order valence-electron chi connectivity index (χ0n) is 26.1. The molecule has 4 rings (SSSR count). The zero-order valence-corrected chi connectivity index (χ0v) is 27.0. The van der Waals surface area contributed by atoms with Crippen molar-refractivity contribution in [1.82, 2.24) is 10.2 Å². The Morgan fingerprint density at radius 1 is 0.778 bits per heavy atom. The summed E-state index contributed by atoms with van der Waals surface area (Å²) >= 11 is 0. The molecule has 236 valence electrons. The van der Waals surface area contributed by atoms with Gasteiger partial charge in [0.2, 0.25) is 11.8 Å². The van der Waals surface area contributed by atoms with E-state index in [1.807, 2.05) is 51.1 Å². The number of para-hydroxylation sites is 1. The maximum atomic E-state index is 14.1. The van der Waals surface area contributed by atoms with Gasteiger partial charge in [0.1, 0.15) is 29.8 Å². The van der Waals surface area contributed by atoms with E-state index in [0.717, 1.165) is 15.4 Å². The molecule has 2 amide bonds. The molecule has 4 aromatic carbocycles. The number of rotatable bonds is 13. The van der Waals surface area contributed by atoms with Crippen molar-refractivity contribution >= 4 is 27.5 Å². The first kappa shape index (κ1) is 33.1. The Morgan fingerprint density at radius 3 is 1.93 bits per heavy atom. The minimum atomic E-state index is -4.19. The average molecular weight is 630 g/mol. The van der Waals surface area contributed by atoms with Crippen LogP contribution in [0.4, 0.5) is 5.69 Å². The van der Waals surface area contributed by atoms with Crippen molar-refractivity contribution in [3.63, 3.8) is 0 Å². The lowest BCUT2D eigenvalue weighted by atomic mass is 10.1. The van der Waals surface area contributed by atoms with Crippen LogP contribution >= 0.6 is 0 Å². The minimum absolute atomic E-state index is 0.0396. The molecule has 0 spiro atoms. The van der Waals surface area contributed by atoms with Crippen LogP contribution in [0, 0.1) is 6.92 Å². The third-order valence-corrected chi connectivity index (χ3v) is 8.89. The number of benzene rings is 4. The van der Waals surface area contributed by atoms with E-state index in [0.29, 0.717) is 17.2 Å². The summed E-state index contributed by atoms with van der Waals surface area (Å²) in [6, 6.07) is 28.3. The predicted octanol–water partition coefficient (Wildman–Crippen LogP) is 5.93. The molecule has 0 unspecified atom stereocenters. The fourth-order valence-corrected chi connectivity index (χ4v) is 6.00. The molecule has 0 saturated carbocycles. The van der Waals surface area contributed by atoms with Gasteiger partial charge in [0.15, 0.2) is 0 Å². The number of nitrogens with zero attached hydrogens (tertiary/aromatic N) is 2. The summed E-state index contributed by atoms with van der Waals surface area (Å²) in [7, 11) is -2.63.